The average molecular weight is 316 g/mol. The van der Waals surface area contributed by atoms with Crippen molar-refractivity contribution in [2.24, 2.45) is 0 Å². The molecular weight excluding hydrogens is 296 g/mol. The molecule has 2 aromatic heterocycles. The highest BCUT2D eigenvalue weighted by molar-refractivity contribution is 7.09. The molecule has 6 heteroatoms. The molecule has 3 heterocycles. The molecular formula is C16H20N4OS. The van der Waals surface area contributed by atoms with Gasteiger partial charge in [-0.1, -0.05) is 0 Å². The number of thiazole rings is 1. The smallest absolute Gasteiger partial charge is 0.255 e. The van der Waals surface area contributed by atoms with Gasteiger partial charge in [0.25, 0.3) is 5.91 Å². The third-order valence-electron chi connectivity index (χ3n) is 3.95. The maximum absolute atomic E-state index is 12.3. The van der Waals surface area contributed by atoms with E-state index in [-0.39, 0.29) is 5.91 Å². The van der Waals surface area contributed by atoms with Crippen LogP contribution in [0.3, 0.4) is 0 Å². The third-order valence-corrected chi connectivity index (χ3v) is 4.79. The van der Waals surface area contributed by atoms with Crippen LogP contribution in [0.15, 0.2) is 36.1 Å². The lowest BCUT2D eigenvalue weighted by molar-refractivity contribution is 0.0705. The summed E-state index contributed by atoms with van der Waals surface area (Å²) in [4.78, 5) is 22.6. The van der Waals surface area contributed by atoms with E-state index < -0.39 is 0 Å². The van der Waals surface area contributed by atoms with Crippen LogP contribution in [-0.4, -0.2) is 46.5 Å². The summed E-state index contributed by atoms with van der Waals surface area (Å²) in [6, 6.07) is 4.13. The van der Waals surface area contributed by atoms with Gasteiger partial charge in [0.1, 0.15) is 0 Å². The van der Waals surface area contributed by atoms with Crippen LogP contribution in [0.5, 0.6) is 0 Å². The Morgan fingerprint density at radius 3 is 2.91 bits per heavy atom. The Morgan fingerprint density at radius 2 is 2.23 bits per heavy atom. The summed E-state index contributed by atoms with van der Waals surface area (Å²) in [5.41, 5.74) is 0.678. The molecule has 0 bridgehead atoms. The van der Waals surface area contributed by atoms with E-state index in [1.165, 1.54) is 5.01 Å². The largest absolute Gasteiger partial charge is 0.338 e. The standard InChI is InChI=1S/C16H20N4OS/c21-16(13-2-1-6-17-12-13)20-9-4-14(5-10-20)18-7-3-15-19-8-11-22-15/h1-2,6,8,11-12,14,18H,3-5,7,9-10H2. The second-order valence-corrected chi connectivity index (χ2v) is 6.42. The van der Waals surface area contributed by atoms with E-state index in [0.717, 1.165) is 38.9 Å². The molecule has 3 rings (SSSR count). The van der Waals surface area contributed by atoms with Crippen LogP contribution in [-0.2, 0) is 6.42 Å². The Morgan fingerprint density at radius 1 is 1.36 bits per heavy atom. The SMILES string of the molecule is O=C(c1cccnc1)N1CCC(NCCc2nccs2)CC1. The van der Waals surface area contributed by atoms with Crippen molar-refractivity contribution >= 4 is 17.2 Å². The number of hydrogen-bond donors (Lipinski definition) is 1. The zero-order valence-corrected chi connectivity index (χ0v) is 13.3. The first kappa shape index (κ1) is 15.1. The molecule has 1 aliphatic heterocycles. The van der Waals surface area contributed by atoms with Crippen LogP contribution in [0.1, 0.15) is 28.2 Å². The molecule has 1 amide bonds. The quantitative estimate of drug-likeness (QED) is 0.916. The van der Waals surface area contributed by atoms with Gasteiger partial charge in [-0.2, -0.15) is 0 Å². The van der Waals surface area contributed by atoms with Crippen LogP contribution < -0.4 is 5.32 Å². The van der Waals surface area contributed by atoms with Crippen molar-refractivity contribution in [1.29, 1.82) is 0 Å². The van der Waals surface area contributed by atoms with Gasteiger partial charge in [-0.15, -0.1) is 11.3 Å². The molecule has 116 valence electrons. The number of carbonyl (C=O) groups excluding carboxylic acids is 1. The first-order valence-electron chi connectivity index (χ1n) is 7.64. The summed E-state index contributed by atoms with van der Waals surface area (Å²) < 4.78 is 0. The van der Waals surface area contributed by atoms with Gasteiger partial charge in [0.15, 0.2) is 0 Å². The topological polar surface area (TPSA) is 58.1 Å². The fraction of sp³-hybridized carbons (Fsp3) is 0.438. The molecule has 0 spiro atoms. The minimum Gasteiger partial charge on any atom is -0.338 e. The van der Waals surface area contributed by atoms with Crippen LogP contribution in [0, 0.1) is 0 Å². The predicted molar refractivity (Wildman–Crippen MR) is 87.0 cm³/mol. The van der Waals surface area contributed by atoms with Crippen LogP contribution in [0.2, 0.25) is 0 Å². The zero-order valence-electron chi connectivity index (χ0n) is 12.4. The summed E-state index contributed by atoms with van der Waals surface area (Å²) in [5.74, 6) is 0.0920. The van der Waals surface area contributed by atoms with Crippen molar-refractivity contribution in [3.63, 3.8) is 0 Å². The first-order valence-corrected chi connectivity index (χ1v) is 8.52. The molecule has 1 aliphatic rings. The van der Waals surface area contributed by atoms with E-state index in [4.69, 9.17) is 0 Å². The third kappa shape index (κ3) is 3.90. The van der Waals surface area contributed by atoms with Crippen LogP contribution in [0.25, 0.3) is 0 Å². The highest BCUT2D eigenvalue weighted by Gasteiger charge is 2.23. The molecule has 0 radical (unpaired) electrons. The number of rotatable bonds is 5. The Balaban J connectivity index is 1.41. The second-order valence-electron chi connectivity index (χ2n) is 5.44. The maximum Gasteiger partial charge on any atom is 0.255 e. The van der Waals surface area contributed by atoms with Crippen molar-refractivity contribution in [1.82, 2.24) is 20.2 Å². The molecule has 5 nitrogen and oxygen atoms in total. The Labute approximate surface area is 134 Å². The molecule has 0 atom stereocenters. The number of hydrogen-bond acceptors (Lipinski definition) is 5. The van der Waals surface area contributed by atoms with Gasteiger partial charge in [-0.3, -0.25) is 9.78 Å². The van der Waals surface area contributed by atoms with Gasteiger partial charge in [0, 0.05) is 56.1 Å². The van der Waals surface area contributed by atoms with E-state index in [1.807, 2.05) is 22.5 Å². The number of piperidine rings is 1. The molecule has 0 saturated carbocycles. The normalized spacial score (nSPS) is 15.9. The number of aromatic nitrogens is 2. The molecule has 0 aliphatic carbocycles. The Bertz CT molecular complexity index is 579. The first-order chi connectivity index (χ1) is 10.8. The van der Waals surface area contributed by atoms with E-state index in [9.17, 15) is 4.79 Å². The van der Waals surface area contributed by atoms with Gasteiger partial charge in [0.2, 0.25) is 0 Å². The average Bonchev–Trinajstić information content (AvgIpc) is 3.09. The Kier molecular flexibility index (Phi) is 5.13. The zero-order chi connectivity index (χ0) is 15.2. The molecule has 0 unspecified atom stereocenters. The van der Waals surface area contributed by atoms with Gasteiger partial charge in [-0.05, 0) is 25.0 Å². The van der Waals surface area contributed by atoms with E-state index >= 15 is 0 Å². The molecule has 0 aromatic carbocycles. The molecule has 1 fully saturated rings. The highest BCUT2D eigenvalue weighted by atomic mass is 32.1. The summed E-state index contributed by atoms with van der Waals surface area (Å²) in [7, 11) is 0. The summed E-state index contributed by atoms with van der Waals surface area (Å²) in [5, 5.41) is 6.76. The number of pyridine rings is 1. The fourth-order valence-corrected chi connectivity index (χ4v) is 3.34. The van der Waals surface area contributed by atoms with E-state index in [0.29, 0.717) is 11.6 Å². The predicted octanol–water partition coefficient (Wildman–Crippen LogP) is 1.97. The van der Waals surface area contributed by atoms with Crippen molar-refractivity contribution < 1.29 is 4.79 Å². The minimum atomic E-state index is 0.0920. The van der Waals surface area contributed by atoms with Crippen molar-refractivity contribution in [3.8, 4) is 0 Å². The van der Waals surface area contributed by atoms with Crippen molar-refractivity contribution in [2.75, 3.05) is 19.6 Å². The Hall–Kier alpha value is -1.79. The number of nitrogens with zero attached hydrogens (tertiary/aromatic N) is 3. The second kappa shape index (κ2) is 7.47. The lowest BCUT2D eigenvalue weighted by Crippen LogP contribution is -2.45. The summed E-state index contributed by atoms with van der Waals surface area (Å²) >= 11 is 1.70. The van der Waals surface area contributed by atoms with Gasteiger partial charge in [-0.25, -0.2) is 4.98 Å². The van der Waals surface area contributed by atoms with Gasteiger partial charge in [0.05, 0.1) is 10.6 Å². The van der Waals surface area contributed by atoms with Crippen LogP contribution >= 0.6 is 11.3 Å². The van der Waals surface area contributed by atoms with Gasteiger partial charge < -0.3 is 10.2 Å². The van der Waals surface area contributed by atoms with Crippen LogP contribution in [0.4, 0.5) is 0 Å². The van der Waals surface area contributed by atoms with Gasteiger partial charge >= 0.3 is 0 Å². The maximum atomic E-state index is 12.3. The van der Waals surface area contributed by atoms with E-state index in [2.05, 4.69) is 15.3 Å². The number of likely N-dealkylation sites (tertiary alicyclic amines) is 1. The number of amides is 1. The van der Waals surface area contributed by atoms with E-state index in [1.54, 1.807) is 29.8 Å². The molecule has 22 heavy (non-hydrogen) atoms. The molecule has 2 aromatic rings. The lowest BCUT2D eigenvalue weighted by atomic mass is 10.0. The molecule has 1 saturated heterocycles. The monoisotopic (exact) mass is 316 g/mol. The van der Waals surface area contributed by atoms with Crippen molar-refractivity contribution in [2.45, 2.75) is 25.3 Å². The highest BCUT2D eigenvalue weighted by Crippen LogP contribution is 2.14. The summed E-state index contributed by atoms with van der Waals surface area (Å²) in [6.45, 7) is 2.57. The summed E-state index contributed by atoms with van der Waals surface area (Å²) in [6.07, 6.45) is 8.17. The number of nitrogens with one attached hydrogen (secondary N) is 1. The fourth-order valence-electron chi connectivity index (χ4n) is 2.72. The number of carbonyl (C=O) groups is 1. The molecule has 1 N–H and O–H groups in total. The lowest BCUT2D eigenvalue weighted by Gasteiger charge is -2.32. The van der Waals surface area contributed by atoms with Crippen molar-refractivity contribution in [3.05, 3.63) is 46.7 Å². The minimum absolute atomic E-state index is 0.0920.